The van der Waals surface area contributed by atoms with Crippen LogP contribution in [0.1, 0.15) is 62.2 Å². The van der Waals surface area contributed by atoms with Gasteiger partial charge in [0.2, 0.25) is 0 Å². The van der Waals surface area contributed by atoms with Gasteiger partial charge in [-0.1, -0.05) is 50.3 Å². The number of fused-ring (bicyclic) bond motifs is 3. The van der Waals surface area contributed by atoms with Gasteiger partial charge >= 0.3 is 0 Å². The number of ketones is 1. The van der Waals surface area contributed by atoms with E-state index < -0.39 is 0 Å². The van der Waals surface area contributed by atoms with E-state index in [-0.39, 0.29) is 0 Å². The van der Waals surface area contributed by atoms with Crippen molar-refractivity contribution >= 4 is 27.6 Å². The molecule has 0 spiro atoms. The average molecular weight is 333 g/mol. The number of rotatable bonds is 5. The van der Waals surface area contributed by atoms with E-state index in [9.17, 15) is 4.79 Å². The first-order valence-corrected chi connectivity index (χ1v) is 9.82. The molecular weight excluding hydrogens is 306 g/mol. The molecule has 2 heteroatoms. The summed E-state index contributed by atoms with van der Waals surface area (Å²) in [5.74, 6) is 1.07. The van der Waals surface area contributed by atoms with Gasteiger partial charge in [0.1, 0.15) is 0 Å². The Labute approximate surface area is 149 Å². The first-order chi connectivity index (χ1) is 12.3. The van der Waals surface area contributed by atoms with Gasteiger partial charge in [0.15, 0.2) is 5.78 Å². The van der Waals surface area contributed by atoms with E-state index in [4.69, 9.17) is 0 Å². The quantitative estimate of drug-likeness (QED) is 0.498. The van der Waals surface area contributed by atoms with Crippen molar-refractivity contribution in [3.63, 3.8) is 0 Å². The summed E-state index contributed by atoms with van der Waals surface area (Å²) in [4.78, 5) is 12.7. The molecule has 130 valence electrons. The molecule has 0 radical (unpaired) electrons. The fraction of sp³-hybridized carbons (Fsp3) is 0.435. The van der Waals surface area contributed by atoms with Crippen molar-refractivity contribution in [1.82, 2.24) is 4.57 Å². The number of carbonyl (C=O) groups excluding carboxylic acids is 1. The second-order valence-electron chi connectivity index (χ2n) is 7.46. The standard InChI is InChI=1S/C23H27NO/c1-2-24-21-11-7-6-10-19(21)20-16-18(13-14-22(20)24)23(25)15-12-17-8-4-3-5-9-17/h6-7,10-11,13-14,16-17H,2-5,8-9,12,15H2,1H3. The topological polar surface area (TPSA) is 22.0 Å². The van der Waals surface area contributed by atoms with Crippen LogP contribution in [0.4, 0.5) is 0 Å². The molecule has 0 N–H and O–H groups in total. The largest absolute Gasteiger partial charge is 0.341 e. The summed E-state index contributed by atoms with van der Waals surface area (Å²) in [6, 6.07) is 14.8. The number of hydrogen-bond acceptors (Lipinski definition) is 1. The summed E-state index contributed by atoms with van der Waals surface area (Å²) in [5, 5.41) is 2.46. The summed E-state index contributed by atoms with van der Waals surface area (Å²) in [5.41, 5.74) is 3.36. The molecule has 1 aliphatic rings. The van der Waals surface area contributed by atoms with Crippen molar-refractivity contribution < 1.29 is 4.79 Å². The Morgan fingerprint density at radius 3 is 2.56 bits per heavy atom. The van der Waals surface area contributed by atoms with E-state index in [1.54, 1.807) is 0 Å². The van der Waals surface area contributed by atoms with Crippen LogP contribution in [-0.4, -0.2) is 10.4 Å². The highest BCUT2D eigenvalue weighted by Crippen LogP contribution is 2.31. The number of hydrogen-bond donors (Lipinski definition) is 0. The summed E-state index contributed by atoms with van der Waals surface area (Å²) < 4.78 is 2.33. The monoisotopic (exact) mass is 333 g/mol. The van der Waals surface area contributed by atoms with Gasteiger partial charge in [-0.15, -0.1) is 0 Å². The third kappa shape index (κ3) is 3.10. The van der Waals surface area contributed by atoms with Crippen LogP contribution < -0.4 is 0 Å². The molecule has 3 aromatic rings. The maximum atomic E-state index is 12.7. The highest BCUT2D eigenvalue weighted by Gasteiger charge is 2.17. The number of carbonyl (C=O) groups is 1. The van der Waals surface area contributed by atoms with Crippen LogP contribution >= 0.6 is 0 Å². The van der Waals surface area contributed by atoms with E-state index in [2.05, 4.69) is 47.9 Å². The second-order valence-corrected chi connectivity index (χ2v) is 7.46. The number of benzene rings is 2. The number of Topliss-reactive ketones (excluding diaryl/α,β-unsaturated/α-hetero) is 1. The zero-order valence-electron chi connectivity index (χ0n) is 15.1. The van der Waals surface area contributed by atoms with E-state index in [1.807, 2.05) is 6.07 Å². The number of aromatic nitrogens is 1. The van der Waals surface area contributed by atoms with Crippen LogP contribution in [0.15, 0.2) is 42.5 Å². The minimum atomic E-state index is 0.306. The van der Waals surface area contributed by atoms with Crippen LogP contribution in [0.3, 0.4) is 0 Å². The van der Waals surface area contributed by atoms with Crippen molar-refractivity contribution in [2.45, 2.75) is 58.4 Å². The predicted octanol–water partition coefficient (Wildman–Crippen LogP) is 6.36. The van der Waals surface area contributed by atoms with Crippen molar-refractivity contribution in [3.05, 3.63) is 48.0 Å². The van der Waals surface area contributed by atoms with E-state index >= 15 is 0 Å². The second kappa shape index (κ2) is 7.03. The lowest BCUT2D eigenvalue weighted by atomic mass is 9.85. The lowest BCUT2D eigenvalue weighted by Crippen LogP contribution is -2.09. The van der Waals surface area contributed by atoms with Crippen molar-refractivity contribution in [1.29, 1.82) is 0 Å². The van der Waals surface area contributed by atoms with Crippen LogP contribution in [-0.2, 0) is 6.54 Å². The Balaban J connectivity index is 1.62. The van der Waals surface area contributed by atoms with E-state index in [0.29, 0.717) is 12.2 Å². The Morgan fingerprint density at radius 1 is 1.00 bits per heavy atom. The Bertz CT molecular complexity index is 899. The van der Waals surface area contributed by atoms with E-state index in [0.717, 1.165) is 24.4 Å². The van der Waals surface area contributed by atoms with Crippen molar-refractivity contribution in [2.75, 3.05) is 0 Å². The number of aryl methyl sites for hydroxylation is 1. The zero-order chi connectivity index (χ0) is 17.2. The molecule has 0 aliphatic heterocycles. The minimum absolute atomic E-state index is 0.306. The van der Waals surface area contributed by atoms with Gasteiger partial charge in [0.05, 0.1) is 0 Å². The van der Waals surface area contributed by atoms with Crippen LogP contribution in [0, 0.1) is 5.92 Å². The molecule has 0 atom stereocenters. The molecule has 0 bridgehead atoms. The Morgan fingerprint density at radius 2 is 1.76 bits per heavy atom. The summed E-state index contributed by atoms with van der Waals surface area (Å²) in [6.07, 6.45) is 8.47. The molecule has 2 aromatic carbocycles. The molecule has 4 rings (SSSR count). The van der Waals surface area contributed by atoms with Crippen LogP contribution in [0.2, 0.25) is 0 Å². The van der Waals surface area contributed by atoms with Crippen molar-refractivity contribution in [3.8, 4) is 0 Å². The van der Waals surface area contributed by atoms with Gasteiger partial charge in [-0.2, -0.15) is 0 Å². The SMILES string of the molecule is CCn1c2ccccc2c2cc(C(=O)CCC3CCCCC3)ccc21. The van der Waals surface area contributed by atoms with Crippen LogP contribution in [0.5, 0.6) is 0 Å². The molecule has 2 nitrogen and oxygen atoms in total. The Hall–Kier alpha value is -2.09. The fourth-order valence-electron chi connectivity index (χ4n) is 4.52. The minimum Gasteiger partial charge on any atom is -0.341 e. The summed E-state index contributed by atoms with van der Waals surface area (Å²) in [7, 11) is 0. The van der Waals surface area contributed by atoms with Crippen LogP contribution in [0.25, 0.3) is 21.8 Å². The smallest absolute Gasteiger partial charge is 0.162 e. The van der Waals surface area contributed by atoms with Gasteiger partial charge in [-0.3, -0.25) is 4.79 Å². The normalized spacial score (nSPS) is 15.9. The number of nitrogens with zero attached hydrogens (tertiary/aromatic N) is 1. The van der Waals surface area contributed by atoms with Gasteiger partial charge in [0, 0.05) is 40.3 Å². The van der Waals surface area contributed by atoms with Gasteiger partial charge in [0.25, 0.3) is 0 Å². The van der Waals surface area contributed by atoms with Gasteiger partial charge in [-0.05, 0) is 43.5 Å². The molecule has 25 heavy (non-hydrogen) atoms. The first kappa shape index (κ1) is 16.4. The molecular formula is C23H27NO. The maximum absolute atomic E-state index is 12.7. The lowest BCUT2D eigenvalue weighted by molar-refractivity contribution is 0.0970. The molecule has 1 heterocycles. The Kier molecular flexibility index (Phi) is 4.61. The molecule has 1 aromatic heterocycles. The number of para-hydroxylation sites is 1. The average Bonchev–Trinajstić information content (AvgIpc) is 3.00. The van der Waals surface area contributed by atoms with Crippen molar-refractivity contribution in [2.24, 2.45) is 5.92 Å². The van der Waals surface area contributed by atoms with Gasteiger partial charge < -0.3 is 4.57 Å². The summed E-state index contributed by atoms with van der Waals surface area (Å²) >= 11 is 0. The molecule has 0 unspecified atom stereocenters. The zero-order valence-corrected chi connectivity index (χ0v) is 15.1. The highest BCUT2D eigenvalue weighted by atomic mass is 16.1. The molecule has 1 aliphatic carbocycles. The third-order valence-corrected chi connectivity index (χ3v) is 5.91. The van der Waals surface area contributed by atoms with Gasteiger partial charge in [-0.25, -0.2) is 0 Å². The third-order valence-electron chi connectivity index (χ3n) is 5.91. The first-order valence-electron chi connectivity index (χ1n) is 9.82. The summed E-state index contributed by atoms with van der Waals surface area (Å²) in [6.45, 7) is 3.12. The lowest BCUT2D eigenvalue weighted by Gasteiger charge is -2.20. The molecule has 0 amide bonds. The maximum Gasteiger partial charge on any atom is 0.162 e. The highest BCUT2D eigenvalue weighted by molar-refractivity contribution is 6.10. The molecule has 1 saturated carbocycles. The molecule has 1 fully saturated rings. The predicted molar refractivity (Wildman–Crippen MR) is 105 cm³/mol. The fourth-order valence-corrected chi connectivity index (χ4v) is 4.52. The van der Waals surface area contributed by atoms with E-state index in [1.165, 1.54) is 53.9 Å². The molecule has 0 saturated heterocycles.